The fraction of sp³-hybridized carbons (Fsp3) is 0.500. The molecule has 0 saturated carbocycles. The summed E-state index contributed by atoms with van der Waals surface area (Å²) in [5.41, 5.74) is 4.27. The van der Waals surface area contributed by atoms with Gasteiger partial charge < -0.3 is 5.73 Å². The van der Waals surface area contributed by atoms with Gasteiger partial charge in [0, 0.05) is 0 Å². The van der Waals surface area contributed by atoms with Gasteiger partial charge in [0.15, 0.2) is 5.84 Å². The Balaban J connectivity index is 3.26. The van der Waals surface area contributed by atoms with Gasteiger partial charge in [-0.05, 0) is 0 Å². The number of halogens is 2. The fourth-order valence-electron chi connectivity index (χ4n) is 0. The lowest BCUT2D eigenvalue weighted by Crippen LogP contribution is -2.18. The van der Waals surface area contributed by atoms with E-state index in [0.29, 0.717) is 0 Å². The van der Waals surface area contributed by atoms with Gasteiger partial charge in [-0.2, -0.15) is 0 Å². The molecule has 6 heavy (non-hydrogen) atoms. The van der Waals surface area contributed by atoms with E-state index in [9.17, 15) is 8.78 Å². The maximum atomic E-state index is 10.8. The molecule has 0 fully saturated rings. The lowest BCUT2D eigenvalue weighted by Gasteiger charge is -1.87. The van der Waals surface area contributed by atoms with Crippen LogP contribution in [0.15, 0.2) is 0 Å². The highest BCUT2D eigenvalue weighted by molar-refractivity contribution is 5.79. The molecular formula is C2H4F2N2. The van der Waals surface area contributed by atoms with Gasteiger partial charge in [-0.1, -0.05) is 0 Å². The lowest BCUT2D eigenvalue weighted by molar-refractivity contribution is 0.223. The third-order valence-electron chi connectivity index (χ3n) is 0.235. The Morgan fingerprint density at radius 2 is 1.83 bits per heavy atom. The van der Waals surface area contributed by atoms with Gasteiger partial charge >= 0.3 is 0 Å². The van der Waals surface area contributed by atoms with E-state index in [1.165, 1.54) is 0 Å². The average molecular weight is 94.1 g/mol. The van der Waals surface area contributed by atoms with Crippen molar-refractivity contribution in [3.8, 4) is 0 Å². The van der Waals surface area contributed by atoms with Gasteiger partial charge in [-0.15, -0.1) is 0 Å². The van der Waals surface area contributed by atoms with Crippen LogP contribution in [0.3, 0.4) is 0 Å². The van der Waals surface area contributed by atoms with Crippen LogP contribution in [0.5, 0.6) is 0 Å². The van der Waals surface area contributed by atoms with Crippen molar-refractivity contribution in [3.05, 3.63) is 0 Å². The third-order valence-corrected chi connectivity index (χ3v) is 0.235. The van der Waals surface area contributed by atoms with Crippen LogP contribution in [0.2, 0.25) is 0 Å². The van der Waals surface area contributed by atoms with Crippen LogP contribution in [0, 0.1) is 5.41 Å². The van der Waals surface area contributed by atoms with Gasteiger partial charge in [-0.25, -0.2) is 8.78 Å². The molecule has 0 amide bonds. The number of rotatable bonds is 1. The largest absolute Gasteiger partial charge is 0.383 e. The van der Waals surface area contributed by atoms with Crippen molar-refractivity contribution >= 4 is 5.84 Å². The molecule has 0 aromatic rings. The molecule has 0 aromatic carbocycles. The molecule has 0 rings (SSSR count). The van der Waals surface area contributed by atoms with E-state index in [1.807, 2.05) is 0 Å². The molecule has 0 saturated heterocycles. The minimum Gasteiger partial charge on any atom is -0.383 e. The van der Waals surface area contributed by atoms with Crippen molar-refractivity contribution in [1.82, 2.24) is 0 Å². The molecule has 36 valence electrons. The Morgan fingerprint density at radius 3 is 1.83 bits per heavy atom. The molecule has 4 heteroatoms. The molecule has 0 bridgehead atoms. The number of hydrogen-bond donors (Lipinski definition) is 2. The van der Waals surface area contributed by atoms with Crippen molar-refractivity contribution in [1.29, 1.82) is 5.41 Å². The number of nitrogens with two attached hydrogens (primary N) is 1. The molecule has 0 unspecified atom stereocenters. The van der Waals surface area contributed by atoms with Crippen molar-refractivity contribution in [2.45, 2.75) is 6.43 Å². The first kappa shape index (κ1) is 5.33. The molecular weight excluding hydrogens is 90.0 g/mol. The quantitative estimate of drug-likeness (QED) is 0.353. The Bertz CT molecular complexity index is 60.6. The van der Waals surface area contributed by atoms with Crippen LogP contribution in [0.4, 0.5) is 8.78 Å². The smallest absolute Gasteiger partial charge is 0.294 e. The monoisotopic (exact) mass is 94.0 g/mol. The highest BCUT2D eigenvalue weighted by Gasteiger charge is 2.02. The van der Waals surface area contributed by atoms with Gasteiger partial charge in [0.1, 0.15) is 0 Å². The van der Waals surface area contributed by atoms with Crippen molar-refractivity contribution in [2.75, 3.05) is 0 Å². The molecule has 0 aliphatic heterocycles. The minimum absolute atomic E-state index is 1.07. The summed E-state index contributed by atoms with van der Waals surface area (Å²) in [5.74, 6) is -1.07. The maximum absolute atomic E-state index is 10.8. The van der Waals surface area contributed by atoms with Crippen LogP contribution >= 0.6 is 0 Å². The molecule has 0 heterocycles. The summed E-state index contributed by atoms with van der Waals surface area (Å²) in [6.45, 7) is 0. The Labute approximate surface area is 33.5 Å². The number of hydrogen-bond acceptors (Lipinski definition) is 1. The maximum Gasteiger partial charge on any atom is 0.294 e. The molecule has 0 spiro atoms. The van der Waals surface area contributed by atoms with E-state index in [1.54, 1.807) is 0 Å². The van der Waals surface area contributed by atoms with Crippen LogP contribution in [0.25, 0.3) is 0 Å². The number of amidine groups is 1. The zero-order chi connectivity index (χ0) is 5.15. The van der Waals surface area contributed by atoms with E-state index in [2.05, 4.69) is 5.73 Å². The summed E-state index contributed by atoms with van der Waals surface area (Å²) in [4.78, 5) is 0. The zero-order valence-electron chi connectivity index (χ0n) is 2.91. The second-order valence-electron chi connectivity index (χ2n) is 0.756. The fourth-order valence-corrected chi connectivity index (χ4v) is 0. The molecule has 3 N–H and O–H groups in total. The first-order valence-electron chi connectivity index (χ1n) is 1.26. The molecule has 0 aliphatic rings. The Morgan fingerprint density at radius 1 is 1.67 bits per heavy atom. The number of alkyl halides is 2. The van der Waals surface area contributed by atoms with E-state index >= 15 is 0 Å². The SMILES string of the molecule is N=C(N)C(F)F. The van der Waals surface area contributed by atoms with E-state index < -0.39 is 12.3 Å². The summed E-state index contributed by atoms with van der Waals surface area (Å²) in [5, 5.41) is 5.98. The van der Waals surface area contributed by atoms with Gasteiger partial charge in [0.05, 0.1) is 0 Å². The summed E-state index contributed by atoms with van der Waals surface area (Å²) in [6, 6.07) is 0. The molecule has 0 radical (unpaired) electrons. The first-order valence-corrected chi connectivity index (χ1v) is 1.26. The van der Waals surface area contributed by atoms with Crippen molar-refractivity contribution in [3.63, 3.8) is 0 Å². The molecule has 0 aromatic heterocycles. The topological polar surface area (TPSA) is 49.9 Å². The summed E-state index contributed by atoms with van der Waals surface area (Å²) < 4.78 is 21.6. The predicted octanol–water partition coefficient (Wildman–Crippen LogP) is 0.187. The van der Waals surface area contributed by atoms with Gasteiger partial charge in [-0.3, -0.25) is 5.41 Å². The van der Waals surface area contributed by atoms with E-state index in [-0.39, 0.29) is 0 Å². The zero-order valence-corrected chi connectivity index (χ0v) is 2.91. The molecule has 2 nitrogen and oxygen atoms in total. The van der Waals surface area contributed by atoms with Crippen LogP contribution in [-0.4, -0.2) is 12.3 Å². The molecule has 0 aliphatic carbocycles. The van der Waals surface area contributed by atoms with Crippen LogP contribution in [-0.2, 0) is 0 Å². The van der Waals surface area contributed by atoms with E-state index in [4.69, 9.17) is 5.41 Å². The average Bonchev–Trinajstić information content (AvgIpc) is 1.36. The normalized spacial score (nSPS) is 9.17. The Hall–Kier alpha value is -0.670. The van der Waals surface area contributed by atoms with E-state index in [0.717, 1.165) is 0 Å². The second-order valence-corrected chi connectivity index (χ2v) is 0.756. The van der Waals surface area contributed by atoms with Gasteiger partial charge in [0.2, 0.25) is 0 Å². The van der Waals surface area contributed by atoms with Crippen molar-refractivity contribution in [2.24, 2.45) is 5.73 Å². The summed E-state index contributed by atoms with van der Waals surface area (Å²) >= 11 is 0. The van der Waals surface area contributed by atoms with Gasteiger partial charge in [0.25, 0.3) is 6.43 Å². The predicted molar refractivity (Wildman–Crippen MR) is 17.9 cm³/mol. The Kier molecular flexibility index (Phi) is 1.50. The van der Waals surface area contributed by atoms with Crippen LogP contribution in [0.1, 0.15) is 0 Å². The standard InChI is InChI=1S/C2H4F2N2/c3-1(4)2(5)6/h1H,(H3,5,6). The first-order chi connectivity index (χ1) is 2.64. The molecule has 0 atom stereocenters. The lowest BCUT2D eigenvalue weighted by atomic mass is 10.7. The summed E-state index contributed by atoms with van der Waals surface area (Å²) in [7, 11) is 0. The van der Waals surface area contributed by atoms with Crippen molar-refractivity contribution < 1.29 is 8.78 Å². The minimum atomic E-state index is -2.79. The highest BCUT2D eigenvalue weighted by Crippen LogP contribution is 1.86. The highest BCUT2D eigenvalue weighted by atomic mass is 19.3. The number of nitrogens with one attached hydrogen (secondary N) is 1. The van der Waals surface area contributed by atoms with Crippen LogP contribution < -0.4 is 5.73 Å². The second kappa shape index (κ2) is 1.69. The summed E-state index contributed by atoms with van der Waals surface area (Å²) in [6.07, 6.45) is -2.79. The third kappa shape index (κ3) is 1.63.